The van der Waals surface area contributed by atoms with Crippen LogP contribution in [0.1, 0.15) is 24.1 Å². The lowest BCUT2D eigenvalue weighted by Crippen LogP contribution is -2.38. The predicted octanol–water partition coefficient (Wildman–Crippen LogP) is 2.80. The summed E-state index contributed by atoms with van der Waals surface area (Å²) in [4.78, 5) is 16.8. The summed E-state index contributed by atoms with van der Waals surface area (Å²) in [6.45, 7) is 2.19. The van der Waals surface area contributed by atoms with E-state index in [2.05, 4.69) is 10.1 Å². The lowest BCUT2D eigenvalue weighted by Gasteiger charge is -2.31. The Labute approximate surface area is 154 Å². The normalized spacial score (nSPS) is 17.0. The number of benzene rings is 1. The zero-order chi connectivity index (χ0) is 18.6. The minimum Gasteiger partial charge on any atom is -0.387 e. The van der Waals surface area contributed by atoms with Gasteiger partial charge in [0.2, 0.25) is 5.91 Å². The highest BCUT2D eigenvalue weighted by Crippen LogP contribution is 2.41. The number of halogens is 2. The summed E-state index contributed by atoms with van der Waals surface area (Å²) in [7, 11) is 1.81. The van der Waals surface area contributed by atoms with Gasteiger partial charge in [-0.3, -0.25) is 9.48 Å². The van der Waals surface area contributed by atoms with Crippen molar-refractivity contribution in [3.8, 4) is 11.3 Å². The fourth-order valence-electron chi connectivity index (χ4n) is 3.71. The lowest BCUT2D eigenvalue weighted by atomic mass is 9.94. The third-order valence-corrected chi connectivity index (χ3v) is 5.19. The number of hydrogen-bond acceptors (Lipinski definition) is 3. The summed E-state index contributed by atoms with van der Waals surface area (Å²) < 4.78 is 16.4. The molecule has 1 unspecified atom stereocenters. The largest absolute Gasteiger partial charge is 0.387 e. The van der Waals surface area contributed by atoms with E-state index >= 15 is 0 Å². The van der Waals surface area contributed by atoms with Gasteiger partial charge in [-0.25, -0.2) is 4.39 Å². The molecule has 0 saturated carbocycles. The number of aryl methyl sites for hydroxylation is 1. The second kappa shape index (κ2) is 6.10. The molecule has 1 atom stereocenters. The maximum absolute atomic E-state index is 14.7. The van der Waals surface area contributed by atoms with Crippen molar-refractivity contribution in [1.82, 2.24) is 19.7 Å². The molecule has 26 heavy (non-hydrogen) atoms. The zero-order valence-electron chi connectivity index (χ0n) is 14.4. The number of aromatic amines is 1. The van der Waals surface area contributed by atoms with E-state index in [4.69, 9.17) is 11.6 Å². The highest BCUT2D eigenvalue weighted by Gasteiger charge is 2.31. The Kier molecular flexibility index (Phi) is 4.00. The molecule has 4 rings (SSSR count). The Morgan fingerprint density at radius 2 is 2.31 bits per heavy atom. The molecule has 0 fully saturated rings. The Balaban J connectivity index is 2.00. The van der Waals surface area contributed by atoms with Gasteiger partial charge in [0.25, 0.3) is 0 Å². The van der Waals surface area contributed by atoms with Crippen LogP contribution < -0.4 is 0 Å². The first kappa shape index (κ1) is 17.1. The summed E-state index contributed by atoms with van der Waals surface area (Å²) in [5.41, 5.74) is 3.46. The predicted molar refractivity (Wildman–Crippen MR) is 96.4 cm³/mol. The lowest BCUT2D eigenvalue weighted by molar-refractivity contribution is -0.135. The molecule has 0 radical (unpaired) electrons. The fourth-order valence-corrected chi connectivity index (χ4v) is 3.92. The third-order valence-electron chi connectivity index (χ3n) is 4.92. The Morgan fingerprint density at radius 1 is 1.54 bits per heavy atom. The molecule has 0 spiro atoms. The minimum absolute atomic E-state index is 0.0172. The topological polar surface area (TPSA) is 74.2 Å². The Morgan fingerprint density at radius 3 is 2.96 bits per heavy atom. The fraction of sp³-hybridized carbons (Fsp3) is 0.333. The number of carbonyl (C=O) groups is 1. The highest BCUT2D eigenvalue weighted by atomic mass is 35.5. The summed E-state index contributed by atoms with van der Waals surface area (Å²) >= 11 is 6.12. The van der Waals surface area contributed by atoms with E-state index in [1.807, 2.05) is 26.2 Å². The first-order valence-electron chi connectivity index (χ1n) is 8.31. The molecule has 0 aliphatic carbocycles. The first-order valence-corrected chi connectivity index (χ1v) is 8.69. The van der Waals surface area contributed by atoms with Gasteiger partial charge in [0.1, 0.15) is 6.61 Å². The monoisotopic (exact) mass is 376 g/mol. The van der Waals surface area contributed by atoms with Crippen LogP contribution in [-0.4, -0.2) is 43.8 Å². The summed E-state index contributed by atoms with van der Waals surface area (Å²) in [5, 5.41) is 14.3. The van der Waals surface area contributed by atoms with Gasteiger partial charge in [0.05, 0.1) is 16.2 Å². The zero-order valence-corrected chi connectivity index (χ0v) is 15.1. The molecule has 1 aliphatic rings. The van der Waals surface area contributed by atoms with Crippen molar-refractivity contribution in [3.05, 3.63) is 40.4 Å². The molecule has 1 aliphatic heterocycles. The molecule has 1 amide bonds. The maximum Gasteiger partial charge on any atom is 0.248 e. The van der Waals surface area contributed by atoms with Gasteiger partial charge < -0.3 is 15.0 Å². The van der Waals surface area contributed by atoms with E-state index in [0.29, 0.717) is 29.7 Å². The molecule has 0 saturated heterocycles. The number of H-pyrrole nitrogens is 1. The van der Waals surface area contributed by atoms with Gasteiger partial charge in [-0.05, 0) is 12.1 Å². The number of aromatic nitrogens is 3. The number of aliphatic hydroxyl groups excluding tert-OH is 1. The van der Waals surface area contributed by atoms with E-state index in [9.17, 15) is 14.3 Å². The maximum atomic E-state index is 14.7. The molecule has 8 heteroatoms. The van der Waals surface area contributed by atoms with Gasteiger partial charge >= 0.3 is 0 Å². The van der Waals surface area contributed by atoms with Crippen molar-refractivity contribution in [2.45, 2.75) is 19.4 Å². The number of rotatable bonds is 2. The third kappa shape index (κ3) is 2.50. The van der Waals surface area contributed by atoms with Crippen LogP contribution in [0.5, 0.6) is 0 Å². The van der Waals surface area contributed by atoms with Crippen LogP contribution >= 0.6 is 11.6 Å². The molecular weight excluding hydrogens is 359 g/mol. The Bertz CT molecular complexity index is 1030. The molecule has 3 aromatic rings. The van der Waals surface area contributed by atoms with Gasteiger partial charge in [-0.2, -0.15) is 5.10 Å². The molecule has 1 aromatic carbocycles. The second-order valence-electron chi connectivity index (χ2n) is 6.70. The SMILES string of the molecule is CC1CN(C(=O)CO)Cc2c1[nH]c1c(F)c(Cl)cc(-c3ccn(C)n3)c21. The van der Waals surface area contributed by atoms with Crippen LogP contribution in [0.25, 0.3) is 22.2 Å². The van der Waals surface area contributed by atoms with Crippen molar-refractivity contribution in [1.29, 1.82) is 0 Å². The molecule has 0 bridgehead atoms. The van der Waals surface area contributed by atoms with Crippen molar-refractivity contribution < 1.29 is 14.3 Å². The average Bonchev–Trinajstić information content (AvgIpc) is 3.22. The van der Waals surface area contributed by atoms with Crippen molar-refractivity contribution >= 4 is 28.4 Å². The van der Waals surface area contributed by atoms with E-state index in [-0.39, 0.29) is 16.8 Å². The number of nitrogens with one attached hydrogen (secondary N) is 1. The first-order chi connectivity index (χ1) is 12.4. The van der Waals surface area contributed by atoms with Crippen molar-refractivity contribution in [2.24, 2.45) is 7.05 Å². The van der Waals surface area contributed by atoms with Crippen LogP contribution in [-0.2, 0) is 18.4 Å². The molecule has 3 heterocycles. The molecule has 6 nitrogen and oxygen atoms in total. The molecule has 136 valence electrons. The number of hydrogen-bond donors (Lipinski definition) is 2. The number of fused-ring (bicyclic) bond motifs is 3. The Hall–Kier alpha value is -2.38. The molecule has 2 N–H and O–H groups in total. The number of amides is 1. The highest BCUT2D eigenvalue weighted by molar-refractivity contribution is 6.32. The van der Waals surface area contributed by atoms with Crippen molar-refractivity contribution in [2.75, 3.05) is 13.2 Å². The molecule has 2 aromatic heterocycles. The van der Waals surface area contributed by atoms with Gasteiger partial charge in [0, 0.05) is 54.5 Å². The average molecular weight is 377 g/mol. The van der Waals surface area contributed by atoms with E-state index in [1.165, 1.54) is 0 Å². The summed E-state index contributed by atoms with van der Waals surface area (Å²) in [6.07, 6.45) is 1.81. The number of carbonyl (C=O) groups excluding carboxylic acids is 1. The second-order valence-corrected chi connectivity index (χ2v) is 7.10. The van der Waals surface area contributed by atoms with Gasteiger partial charge in [0.15, 0.2) is 5.82 Å². The van der Waals surface area contributed by atoms with Crippen LogP contribution in [0.4, 0.5) is 4.39 Å². The van der Waals surface area contributed by atoms with Crippen molar-refractivity contribution in [3.63, 3.8) is 0 Å². The van der Waals surface area contributed by atoms with Gasteiger partial charge in [-0.1, -0.05) is 18.5 Å². The van der Waals surface area contributed by atoms with E-state index in [0.717, 1.165) is 16.8 Å². The van der Waals surface area contributed by atoms with Crippen LogP contribution in [0, 0.1) is 5.82 Å². The van der Waals surface area contributed by atoms with E-state index < -0.39 is 12.4 Å². The summed E-state index contributed by atoms with van der Waals surface area (Å²) in [6, 6.07) is 3.42. The smallest absolute Gasteiger partial charge is 0.248 e. The minimum atomic E-state index is -0.544. The van der Waals surface area contributed by atoms with E-state index in [1.54, 1.807) is 15.6 Å². The standard InChI is InChI=1S/C18H18ClFN4O2/c1-9-6-24(14(26)8-25)7-11-15-10(13-3-4-23(2)22-13)5-12(19)16(20)18(15)21-17(9)11/h3-5,9,21,25H,6-8H2,1-2H3. The van der Waals surface area contributed by atoms with Gasteiger partial charge in [-0.15, -0.1) is 0 Å². The van der Waals surface area contributed by atoms with Crippen LogP contribution in [0.3, 0.4) is 0 Å². The molecular formula is C18H18ClFN4O2. The number of nitrogens with zero attached hydrogens (tertiary/aromatic N) is 3. The number of aliphatic hydroxyl groups is 1. The van der Waals surface area contributed by atoms with Crippen LogP contribution in [0.15, 0.2) is 18.3 Å². The summed E-state index contributed by atoms with van der Waals surface area (Å²) in [5.74, 6) is -0.870. The quantitative estimate of drug-likeness (QED) is 0.722. The van der Waals surface area contributed by atoms with Crippen LogP contribution in [0.2, 0.25) is 5.02 Å².